The number of fused-ring (bicyclic) bond motifs is 1. The van der Waals surface area contributed by atoms with Gasteiger partial charge >= 0.3 is 0 Å². The number of nitrogens with one attached hydrogen (secondary N) is 2. The molecular weight excluding hydrogens is 426 g/mol. The molecule has 32 heavy (non-hydrogen) atoms. The first-order valence-electron chi connectivity index (χ1n) is 10.1. The van der Waals surface area contributed by atoms with Gasteiger partial charge < -0.3 is 10.1 Å². The van der Waals surface area contributed by atoms with Crippen LogP contribution in [0.4, 0.5) is 11.6 Å². The molecular formula is C23H23N5O3S. The van der Waals surface area contributed by atoms with Gasteiger partial charge in [-0.1, -0.05) is 38.1 Å². The van der Waals surface area contributed by atoms with Crippen molar-refractivity contribution in [2.45, 2.75) is 26.7 Å². The van der Waals surface area contributed by atoms with Crippen molar-refractivity contribution in [2.75, 3.05) is 17.2 Å². The maximum absolute atomic E-state index is 12.3. The van der Waals surface area contributed by atoms with Crippen molar-refractivity contribution >= 4 is 39.7 Å². The van der Waals surface area contributed by atoms with Crippen LogP contribution < -0.4 is 15.4 Å². The number of anilines is 2. The van der Waals surface area contributed by atoms with Gasteiger partial charge in [0.1, 0.15) is 5.75 Å². The third-order valence-corrected chi connectivity index (χ3v) is 5.54. The lowest BCUT2D eigenvalue weighted by molar-refractivity contribution is -0.118. The molecule has 0 saturated heterocycles. The maximum atomic E-state index is 12.3. The van der Waals surface area contributed by atoms with E-state index in [1.807, 2.05) is 53.9 Å². The number of amides is 2. The van der Waals surface area contributed by atoms with Gasteiger partial charge in [-0.15, -0.1) is 16.4 Å². The molecule has 0 aliphatic carbocycles. The Balaban J connectivity index is 1.42. The Bertz CT molecular complexity index is 1260. The highest BCUT2D eigenvalue weighted by Crippen LogP contribution is 2.27. The molecule has 0 spiro atoms. The molecule has 2 N–H and O–H groups in total. The molecule has 0 aliphatic heterocycles. The summed E-state index contributed by atoms with van der Waals surface area (Å²) in [6.45, 7) is 5.54. The van der Waals surface area contributed by atoms with Gasteiger partial charge in [-0.05, 0) is 35.7 Å². The minimum atomic E-state index is -0.334. The quantitative estimate of drug-likeness (QED) is 0.431. The first-order chi connectivity index (χ1) is 15.4. The Hall–Kier alpha value is -3.72. The summed E-state index contributed by atoms with van der Waals surface area (Å²) in [7, 11) is 0. The molecule has 2 amide bonds. The first-order valence-corrected chi connectivity index (χ1v) is 11.0. The van der Waals surface area contributed by atoms with E-state index < -0.39 is 0 Å². The van der Waals surface area contributed by atoms with Crippen LogP contribution in [0, 0.1) is 0 Å². The molecule has 0 atom stereocenters. The van der Waals surface area contributed by atoms with Crippen LogP contribution in [0.5, 0.6) is 5.75 Å². The zero-order chi connectivity index (χ0) is 22.7. The highest BCUT2D eigenvalue weighted by atomic mass is 32.1. The van der Waals surface area contributed by atoms with Gasteiger partial charge in [0.05, 0.1) is 5.69 Å². The maximum Gasteiger partial charge on any atom is 0.264 e. The highest BCUT2D eigenvalue weighted by Gasteiger charge is 2.14. The summed E-state index contributed by atoms with van der Waals surface area (Å²) in [5.74, 6) is 0.793. The van der Waals surface area contributed by atoms with Gasteiger partial charge in [0.25, 0.3) is 11.9 Å². The molecule has 0 aliphatic rings. The fraction of sp³-hybridized carbons (Fsp3) is 0.217. The zero-order valence-corrected chi connectivity index (χ0v) is 18.8. The molecule has 4 rings (SSSR count). The van der Waals surface area contributed by atoms with E-state index in [-0.39, 0.29) is 24.4 Å². The summed E-state index contributed by atoms with van der Waals surface area (Å²) in [5, 5.41) is 11.8. The Morgan fingerprint density at radius 1 is 1.12 bits per heavy atom. The zero-order valence-electron chi connectivity index (χ0n) is 18.0. The van der Waals surface area contributed by atoms with Crippen LogP contribution in [0.15, 0.2) is 53.9 Å². The van der Waals surface area contributed by atoms with Crippen LogP contribution in [0.2, 0.25) is 0 Å². The van der Waals surface area contributed by atoms with Crippen molar-refractivity contribution in [1.29, 1.82) is 0 Å². The molecule has 164 valence electrons. The van der Waals surface area contributed by atoms with E-state index in [0.29, 0.717) is 16.6 Å². The number of carbonyl (C=O) groups excluding carboxylic acids is 2. The minimum Gasteiger partial charge on any atom is -0.484 e. The lowest BCUT2D eigenvalue weighted by Crippen LogP contribution is -2.21. The minimum absolute atomic E-state index is 0.121. The number of hydrogen-bond donors (Lipinski definition) is 2. The molecule has 2 aromatic heterocycles. The molecule has 0 fully saturated rings. The summed E-state index contributed by atoms with van der Waals surface area (Å²) in [6, 6.07) is 15.1. The molecule has 9 heteroatoms. The third kappa shape index (κ3) is 4.94. The van der Waals surface area contributed by atoms with Gasteiger partial charge in [0.2, 0.25) is 10.9 Å². The van der Waals surface area contributed by atoms with Crippen molar-refractivity contribution in [3.05, 3.63) is 59.5 Å². The van der Waals surface area contributed by atoms with E-state index in [1.165, 1.54) is 18.3 Å². The normalized spacial score (nSPS) is 11.0. The molecule has 2 aromatic carbocycles. The van der Waals surface area contributed by atoms with E-state index in [9.17, 15) is 9.59 Å². The monoisotopic (exact) mass is 449 g/mol. The van der Waals surface area contributed by atoms with E-state index in [2.05, 4.69) is 34.6 Å². The lowest BCUT2D eigenvalue weighted by atomic mass is 10.0. The number of ether oxygens (including phenoxy) is 1. The second kappa shape index (κ2) is 9.19. The Morgan fingerprint density at radius 3 is 2.62 bits per heavy atom. The largest absolute Gasteiger partial charge is 0.484 e. The number of thiazole rings is 1. The molecule has 0 bridgehead atoms. The van der Waals surface area contributed by atoms with Crippen LogP contribution in [-0.2, 0) is 9.59 Å². The summed E-state index contributed by atoms with van der Waals surface area (Å²) < 4.78 is 7.30. The third-order valence-electron chi connectivity index (χ3n) is 4.73. The molecule has 0 saturated carbocycles. The average molecular weight is 450 g/mol. The SMILES string of the molecule is CC(=O)Nc1ccc(-c2csc3nc(NC(=O)COc4cccc(C(C)C)c4)nn23)cc1. The van der Waals surface area contributed by atoms with Crippen molar-refractivity contribution in [2.24, 2.45) is 0 Å². The summed E-state index contributed by atoms with van der Waals surface area (Å²) in [6.07, 6.45) is 0. The molecule has 0 radical (unpaired) electrons. The van der Waals surface area contributed by atoms with Crippen LogP contribution in [0.25, 0.3) is 16.2 Å². The molecule has 2 heterocycles. The predicted molar refractivity (Wildman–Crippen MR) is 125 cm³/mol. The van der Waals surface area contributed by atoms with Gasteiger partial charge in [0.15, 0.2) is 6.61 Å². The number of hydrogen-bond acceptors (Lipinski definition) is 6. The summed E-state index contributed by atoms with van der Waals surface area (Å²) in [4.78, 5) is 28.5. The summed E-state index contributed by atoms with van der Waals surface area (Å²) in [5.41, 5.74) is 3.63. The van der Waals surface area contributed by atoms with Crippen molar-refractivity contribution < 1.29 is 14.3 Å². The smallest absolute Gasteiger partial charge is 0.264 e. The Morgan fingerprint density at radius 2 is 1.91 bits per heavy atom. The average Bonchev–Trinajstić information content (AvgIpc) is 3.33. The Kier molecular flexibility index (Phi) is 6.18. The fourth-order valence-electron chi connectivity index (χ4n) is 3.13. The van der Waals surface area contributed by atoms with Crippen molar-refractivity contribution in [3.8, 4) is 17.0 Å². The van der Waals surface area contributed by atoms with Gasteiger partial charge in [-0.3, -0.25) is 14.9 Å². The van der Waals surface area contributed by atoms with Crippen LogP contribution >= 0.6 is 11.3 Å². The molecule has 4 aromatic rings. The van der Waals surface area contributed by atoms with E-state index in [1.54, 1.807) is 4.52 Å². The number of benzene rings is 2. The van der Waals surface area contributed by atoms with Crippen molar-refractivity contribution in [1.82, 2.24) is 14.6 Å². The highest BCUT2D eigenvalue weighted by molar-refractivity contribution is 7.15. The number of aromatic nitrogens is 3. The van der Waals surface area contributed by atoms with Gasteiger partial charge in [-0.2, -0.15) is 4.98 Å². The number of rotatable bonds is 7. The van der Waals surface area contributed by atoms with Crippen molar-refractivity contribution in [3.63, 3.8) is 0 Å². The second-order valence-corrected chi connectivity index (χ2v) is 8.41. The van der Waals surface area contributed by atoms with Gasteiger partial charge in [0, 0.05) is 23.6 Å². The standard InChI is InChI=1S/C23H23N5O3S/c1-14(2)17-5-4-6-19(11-17)31-12-21(30)25-22-26-23-28(27-22)20(13-32-23)16-7-9-18(10-8-16)24-15(3)29/h4-11,13-14H,12H2,1-3H3,(H,24,29)(H,25,27,30). The number of carbonyl (C=O) groups is 2. The van der Waals surface area contributed by atoms with Crippen LogP contribution in [-0.4, -0.2) is 33.0 Å². The predicted octanol–water partition coefficient (Wildman–Crippen LogP) is 4.56. The van der Waals surface area contributed by atoms with E-state index >= 15 is 0 Å². The van der Waals surface area contributed by atoms with E-state index in [0.717, 1.165) is 22.5 Å². The first kappa shape index (κ1) is 21.5. The Labute approximate surface area is 189 Å². The lowest BCUT2D eigenvalue weighted by Gasteiger charge is -2.09. The van der Waals surface area contributed by atoms with E-state index in [4.69, 9.17) is 4.74 Å². The molecule has 8 nitrogen and oxygen atoms in total. The number of nitrogens with zero attached hydrogens (tertiary/aromatic N) is 3. The topological polar surface area (TPSA) is 97.6 Å². The summed E-state index contributed by atoms with van der Waals surface area (Å²) >= 11 is 1.42. The van der Waals surface area contributed by atoms with Crippen LogP contribution in [0.1, 0.15) is 32.3 Å². The van der Waals surface area contributed by atoms with Crippen LogP contribution in [0.3, 0.4) is 0 Å². The second-order valence-electron chi connectivity index (χ2n) is 7.57. The van der Waals surface area contributed by atoms with Gasteiger partial charge in [-0.25, -0.2) is 4.52 Å². The fourth-order valence-corrected chi connectivity index (χ4v) is 3.96. The molecule has 0 unspecified atom stereocenters.